The fourth-order valence-electron chi connectivity index (χ4n) is 4.45. The maximum absolute atomic E-state index is 13.2. The van der Waals surface area contributed by atoms with E-state index in [1.807, 2.05) is 18.2 Å². The van der Waals surface area contributed by atoms with Crippen LogP contribution in [-0.4, -0.2) is 18.6 Å². The molecule has 1 saturated carbocycles. The highest BCUT2D eigenvalue weighted by molar-refractivity contribution is 5.95. The van der Waals surface area contributed by atoms with Crippen LogP contribution in [0.15, 0.2) is 36.4 Å². The van der Waals surface area contributed by atoms with Crippen LogP contribution in [0, 0.1) is 5.41 Å². The maximum atomic E-state index is 13.2. The summed E-state index contributed by atoms with van der Waals surface area (Å²) in [5.41, 5.74) is 4.61. The van der Waals surface area contributed by atoms with Crippen LogP contribution in [0.3, 0.4) is 0 Å². The van der Waals surface area contributed by atoms with E-state index in [4.69, 9.17) is 9.47 Å². The van der Waals surface area contributed by atoms with Crippen molar-refractivity contribution < 1.29 is 14.3 Å². The molecule has 2 aromatic rings. The van der Waals surface area contributed by atoms with Gasteiger partial charge in [0.05, 0.1) is 5.41 Å². The number of benzene rings is 2. The summed E-state index contributed by atoms with van der Waals surface area (Å²) in [6.07, 6.45) is 3.35. The smallest absolute Gasteiger partial charge is 0.231 e. The number of hydrogen-bond donors (Lipinski definition) is 1. The van der Waals surface area contributed by atoms with Crippen molar-refractivity contribution in [1.29, 1.82) is 0 Å². The summed E-state index contributed by atoms with van der Waals surface area (Å²) in [4.78, 5) is 13.2. The first-order valence-electron chi connectivity index (χ1n) is 10.2. The van der Waals surface area contributed by atoms with Gasteiger partial charge in [-0.05, 0) is 59.6 Å². The van der Waals surface area contributed by atoms with E-state index >= 15 is 0 Å². The molecular formula is C24H27NO3. The van der Waals surface area contributed by atoms with Gasteiger partial charge in [0, 0.05) is 18.2 Å². The number of ether oxygens (including phenoxy) is 2. The molecule has 0 aromatic heterocycles. The van der Waals surface area contributed by atoms with E-state index in [1.54, 1.807) is 0 Å². The molecule has 1 aliphatic carbocycles. The average Bonchev–Trinajstić information content (AvgIpc) is 3.13. The van der Waals surface area contributed by atoms with Crippen LogP contribution in [-0.2, 0) is 23.1 Å². The average molecular weight is 377 g/mol. The lowest BCUT2D eigenvalue weighted by atomic mass is 9.85. The van der Waals surface area contributed by atoms with Gasteiger partial charge in [0.1, 0.15) is 5.78 Å². The number of Topliss-reactive ketones (excluding diaryl/α,β-unsaturated/α-hetero) is 1. The standard InChI is InChI=1S/C24H27NO3/c1-23(2,3)21-12-16-10-15(4-6-18(16)25-21)11-22(26)24(8-9-24)17-5-7-19-20(13-17)28-14-27-19/h4-7,10,13,21,25H,8-9,11-12,14H2,1-3H3. The SMILES string of the molecule is CC(C)(C)C1Cc2cc(CC(=O)C3(c4ccc5c(c4)OCO5)CC3)ccc2N1. The van der Waals surface area contributed by atoms with E-state index < -0.39 is 0 Å². The lowest BCUT2D eigenvalue weighted by Crippen LogP contribution is -2.31. The molecule has 0 radical (unpaired) electrons. The van der Waals surface area contributed by atoms with Gasteiger partial charge in [-0.3, -0.25) is 4.79 Å². The van der Waals surface area contributed by atoms with Crippen LogP contribution < -0.4 is 14.8 Å². The summed E-state index contributed by atoms with van der Waals surface area (Å²) in [6, 6.07) is 12.9. The van der Waals surface area contributed by atoms with Gasteiger partial charge in [-0.1, -0.05) is 39.0 Å². The number of fused-ring (bicyclic) bond motifs is 2. The molecule has 1 atom stereocenters. The maximum Gasteiger partial charge on any atom is 0.231 e. The predicted molar refractivity (Wildman–Crippen MR) is 109 cm³/mol. The number of hydrogen-bond acceptors (Lipinski definition) is 4. The second kappa shape index (κ2) is 6.00. The van der Waals surface area contributed by atoms with Crippen molar-refractivity contribution >= 4 is 11.5 Å². The number of rotatable bonds is 4. The largest absolute Gasteiger partial charge is 0.454 e. The minimum Gasteiger partial charge on any atom is -0.454 e. The van der Waals surface area contributed by atoms with Gasteiger partial charge < -0.3 is 14.8 Å². The van der Waals surface area contributed by atoms with Crippen LogP contribution >= 0.6 is 0 Å². The summed E-state index contributed by atoms with van der Waals surface area (Å²) in [6.45, 7) is 7.06. The molecule has 2 aliphatic heterocycles. The minimum atomic E-state index is -0.341. The Balaban J connectivity index is 1.34. The number of carbonyl (C=O) groups excluding carboxylic acids is 1. The molecule has 2 heterocycles. The molecule has 146 valence electrons. The molecule has 0 spiro atoms. The van der Waals surface area contributed by atoms with Crippen LogP contribution in [0.5, 0.6) is 11.5 Å². The molecule has 4 nitrogen and oxygen atoms in total. The third-order valence-corrected chi connectivity index (χ3v) is 6.54. The molecule has 3 aliphatic rings. The quantitative estimate of drug-likeness (QED) is 0.843. The van der Waals surface area contributed by atoms with Crippen molar-refractivity contribution in [2.24, 2.45) is 5.41 Å². The van der Waals surface area contributed by atoms with E-state index in [0.29, 0.717) is 18.2 Å². The fourth-order valence-corrected chi connectivity index (χ4v) is 4.45. The normalized spacial score (nSPS) is 21.2. The van der Waals surface area contributed by atoms with Gasteiger partial charge in [-0.2, -0.15) is 0 Å². The fraction of sp³-hybridized carbons (Fsp3) is 0.458. The summed E-state index contributed by atoms with van der Waals surface area (Å²) < 4.78 is 10.9. The Morgan fingerprint density at radius 2 is 1.89 bits per heavy atom. The first kappa shape index (κ1) is 17.6. The van der Waals surface area contributed by atoms with E-state index in [0.717, 1.165) is 41.9 Å². The van der Waals surface area contributed by atoms with Crippen LogP contribution in [0.2, 0.25) is 0 Å². The third kappa shape index (κ3) is 2.86. The van der Waals surface area contributed by atoms with Crippen molar-refractivity contribution in [2.45, 2.75) is 57.9 Å². The molecule has 1 unspecified atom stereocenters. The lowest BCUT2D eigenvalue weighted by Gasteiger charge is -2.27. The van der Waals surface area contributed by atoms with E-state index in [-0.39, 0.29) is 17.6 Å². The summed E-state index contributed by atoms with van der Waals surface area (Å²) in [5.74, 6) is 1.84. The number of ketones is 1. The van der Waals surface area contributed by atoms with Gasteiger partial charge in [0.2, 0.25) is 6.79 Å². The first-order valence-corrected chi connectivity index (χ1v) is 10.2. The van der Waals surface area contributed by atoms with Gasteiger partial charge in [-0.15, -0.1) is 0 Å². The minimum absolute atomic E-state index is 0.215. The van der Waals surface area contributed by atoms with Crippen molar-refractivity contribution in [3.63, 3.8) is 0 Å². The Bertz CT molecular complexity index is 953. The molecule has 0 bridgehead atoms. The van der Waals surface area contributed by atoms with Gasteiger partial charge in [0.25, 0.3) is 0 Å². The molecule has 28 heavy (non-hydrogen) atoms. The Labute approximate surface area is 166 Å². The van der Waals surface area contributed by atoms with Gasteiger partial charge >= 0.3 is 0 Å². The highest BCUT2D eigenvalue weighted by atomic mass is 16.7. The number of nitrogens with one attached hydrogen (secondary N) is 1. The zero-order chi connectivity index (χ0) is 19.5. The van der Waals surface area contributed by atoms with Crippen molar-refractivity contribution in [3.8, 4) is 11.5 Å². The molecule has 1 fully saturated rings. The lowest BCUT2D eigenvalue weighted by molar-refractivity contribution is -0.120. The monoisotopic (exact) mass is 377 g/mol. The Morgan fingerprint density at radius 3 is 2.64 bits per heavy atom. The molecule has 0 amide bonds. The van der Waals surface area contributed by atoms with Gasteiger partial charge in [0.15, 0.2) is 11.5 Å². The highest BCUT2D eigenvalue weighted by Gasteiger charge is 2.50. The number of anilines is 1. The first-order chi connectivity index (χ1) is 13.3. The molecule has 2 aromatic carbocycles. The van der Waals surface area contributed by atoms with Crippen molar-refractivity contribution in [3.05, 3.63) is 53.1 Å². The second-order valence-electron chi connectivity index (χ2n) is 9.51. The molecule has 0 saturated heterocycles. The topological polar surface area (TPSA) is 47.6 Å². The van der Waals surface area contributed by atoms with E-state index in [1.165, 1.54) is 11.3 Å². The molecular weight excluding hydrogens is 350 g/mol. The summed E-state index contributed by atoms with van der Waals surface area (Å²) in [5, 5.41) is 3.64. The Morgan fingerprint density at radius 1 is 1.11 bits per heavy atom. The molecule has 5 rings (SSSR count). The zero-order valence-electron chi connectivity index (χ0n) is 16.8. The van der Waals surface area contributed by atoms with Gasteiger partial charge in [-0.25, -0.2) is 0 Å². The van der Waals surface area contributed by atoms with Crippen molar-refractivity contribution in [1.82, 2.24) is 0 Å². The zero-order valence-corrected chi connectivity index (χ0v) is 16.8. The van der Waals surface area contributed by atoms with Crippen LogP contribution in [0.25, 0.3) is 0 Å². The summed E-state index contributed by atoms with van der Waals surface area (Å²) >= 11 is 0. The van der Waals surface area contributed by atoms with E-state index in [9.17, 15) is 4.79 Å². The van der Waals surface area contributed by atoms with Crippen molar-refractivity contribution in [2.75, 3.05) is 12.1 Å². The second-order valence-corrected chi connectivity index (χ2v) is 9.51. The summed E-state index contributed by atoms with van der Waals surface area (Å²) in [7, 11) is 0. The van der Waals surface area contributed by atoms with E-state index in [2.05, 4.69) is 44.3 Å². The Kier molecular flexibility index (Phi) is 3.77. The van der Waals surface area contributed by atoms with Crippen LogP contribution in [0.4, 0.5) is 5.69 Å². The Hall–Kier alpha value is -2.49. The molecule has 4 heteroatoms. The molecule has 1 N–H and O–H groups in total. The highest BCUT2D eigenvalue weighted by Crippen LogP contribution is 2.51. The van der Waals surface area contributed by atoms with Crippen LogP contribution in [0.1, 0.15) is 50.3 Å². The third-order valence-electron chi connectivity index (χ3n) is 6.54. The predicted octanol–water partition coefficient (Wildman–Crippen LogP) is 4.64. The number of carbonyl (C=O) groups is 1.